The summed E-state index contributed by atoms with van der Waals surface area (Å²) in [5.74, 6) is -0.999. The first-order valence-electron chi connectivity index (χ1n) is 6.43. The zero-order valence-corrected chi connectivity index (χ0v) is 10.9. The van der Waals surface area contributed by atoms with Gasteiger partial charge in [-0.05, 0) is 29.6 Å². The van der Waals surface area contributed by atoms with Crippen molar-refractivity contribution in [3.63, 3.8) is 0 Å². The summed E-state index contributed by atoms with van der Waals surface area (Å²) in [5.41, 5.74) is 10.1. The van der Waals surface area contributed by atoms with Crippen LogP contribution in [0.2, 0.25) is 0 Å². The number of hydrogen-bond donors (Lipinski definition) is 1. The van der Waals surface area contributed by atoms with Crippen LogP contribution in [-0.2, 0) is 16.1 Å². The highest BCUT2D eigenvalue weighted by molar-refractivity contribution is 6.05. The molecule has 0 aromatic heterocycles. The van der Waals surface area contributed by atoms with Crippen molar-refractivity contribution in [1.82, 2.24) is 10.2 Å². The highest BCUT2D eigenvalue weighted by Gasteiger charge is 2.38. The minimum absolute atomic E-state index is 0.223. The van der Waals surface area contributed by atoms with E-state index in [1.807, 2.05) is 0 Å². The second-order valence-electron chi connectivity index (χ2n) is 4.93. The van der Waals surface area contributed by atoms with Gasteiger partial charge >= 0.3 is 0 Å². The molecule has 1 N–H and O–H groups in total. The Balaban J connectivity index is 1.88. The van der Waals surface area contributed by atoms with Crippen molar-refractivity contribution in [1.29, 1.82) is 0 Å². The summed E-state index contributed by atoms with van der Waals surface area (Å²) in [4.78, 5) is 39.5. The third-order valence-electron chi connectivity index (χ3n) is 3.67. The van der Waals surface area contributed by atoms with E-state index in [0.717, 1.165) is 5.56 Å². The number of azide groups is 1. The number of fused-ring (bicyclic) bond motifs is 1. The molecule has 1 atom stereocenters. The third-order valence-corrected chi connectivity index (χ3v) is 3.67. The van der Waals surface area contributed by atoms with Crippen LogP contribution < -0.4 is 5.32 Å². The molecule has 8 nitrogen and oxygen atoms in total. The molecule has 106 valence electrons. The van der Waals surface area contributed by atoms with Gasteiger partial charge < -0.3 is 4.90 Å². The highest BCUT2D eigenvalue weighted by Crippen LogP contribution is 2.30. The molecular weight excluding hydrogens is 274 g/mol. The van der Waals surface area contributed by atoms with Gasteiger partial charge in [0.15, 0.2) is 0 Å². The number of carbonyl (C=O) groups excluding carboxylic acids is 3. The standard InChI is InChI=1S/C13H11N5O3/c14-17-16-8-1-2-9-7(5-8)6-18(13(9)21)10-3-4-11(19)15-12(10)20/h1-2,5,10H,3-4,6H2,(H,15,19,20). The monoisotopic (exact) mass is 285 g/mol. The Labute approximate surface area is 119 Å². The van der Waals surface area contributed by atoms with E-state index in [1.54, 1.807) is 18.2 Å². The summed E-state index contributed by atoms with van der Waals surface area (Å²) in [6.07, 6.45) is 0.550. The molecule has 0 radical (unpaired) electrons. The van der Waals surface area contributed by atoms with E-state index in [-0.39, 0.29) is 24.8 Å². The van der Waals surface area contributed by atoms with Crippen LogP contribution in [0.4, 0.5) is 5.69 Å². The fourth-order valence-electron chi connectivity index (χ4n) is 2.67. The van der Waals surface area contributed by atoms with Gasteiger partial charge in [0.2, 0.25) is 11.8 Å². The van der Waals surface area contributed by atoms with Crippen molar-refractivity contribution in [2.45, 2.75) is 25.4 Å². The molecule has 21 heavy (non-hydrogen) atoms. The van der Waals surface area contributed by atoms with E-state index in [9.17, 15) is 14.4 Å². The van der Waals surface area contributed by atoms with Gasteiger partial charge in [0, 0.05) is 29.1 Å². The number of carbonyl (C=O) groups is 3. The average molecular weight is 285 g/mol. The lowest BCUT2D eigenvalue weighted by molar-refractivity contribution is -0.136. The highest BCUT2D eigenvalue weighted by atomic mass is 16.2. The SMILES string of the molecule is [N-]=[N+]=Nc1ccc2c(c1)CN(C1CCC(=O)NC1=O)C2=O. The molecule has 0 aliphatic carbocycles. The van der Waals surface area contributed by atoms with Gasteiger partial charge in [-0.25, -0.2) is 0 Å². The number of rotatable bonds is 2. The molecule has 1 fully saturated rings. The van der Waals surface area contributed by atoms with E-state index in [0.29, 0.717) is 17.7 Å². The molecule has 3 rings (SSSR count). The second kappa shape index (κ2) is 4.92. The molecule has 1 aromatic rings. The van der Waals surface area contributed by atoms with E-state index < -0.39 is 11.9 Å². The van der Waals surface area contributed by atoms with Crippen molar-refractivity contribution in [2.24, 2.45) is 5.11 Å². The summed E-state index contributed by atoms with van der Waals surface area (Å²) >= 11 is 0. The molecule has 1 saturated heterocycles. The maximum Gasteiger partial charge on any atom is 0.255 e. The van der Waals surface area contributed by atoms with E-state index >= 15 is 0 Å². The van der Waals surface area contributed by atoms with Gasteiger partial charge in [0.1, 0.15) is 6.04 Å². The summed E-state index contributed by atoms with van der Waals surface area (Å²) < 4.78 is 0. The number of imide groups is 1. The van der Waals surface area contributed by atoms with E-state index in [4.69, 9.17) is 5.53 Å². The number of amides is 3. The maximum atomic E-state index is 12.3. The van der Waals surface area contributed by atoms with Crippen molar-refractivity contribution >= 4 is 23.4 Å². The van der Waals surface area contributed by atoms with Crippen LogP contribution in [0, 0.1) is 0 Å². The smallest absolute Gasteiger partial charge is 0.255 e. The fraction of sp³-hybridized carbons (Fsp3) is 0.308. The normalized spacial score (nSPS) is 20.9. The molecule has 1 unspecified atom stereocenters. The first kappa shape index (κ1) is 13.1. The summed E-state index contributed by atoms with van der Waals surface area (Å²) in [6, 6.07) is 4.15. The molecule has 8 heteroatoms. The molecule has 0 bridgehead atoms. The van der Waals surface area contributed by atoms with Crippen molar-refractivity contribution in [3.05, 3.63) is 39.8 Å². The third kappa shape index (κ3) is 2.21. The number of benzene rings is 1. The largest absolute Gasteiger partial charge is 0.322 e. The Kier molecular flexibility index (Phi) is 3.08. The predicted molar refractivity (Wildman–Crippen MR) is 71.3 cm³/mol. The van der Waals surface area contributed by atoms with Crippen molar-refractivity contribution in [3.8, 4) is 0 Å². The van der Waals surface area contributed by atoms with Gasteiger partial charge in [0.25, 0.3) is 5.91 Å². The Morgan fingerprint density at radius 1 is 1.33 bits per heavy atom. The molecule has 0 spiro atoms. The van der Waals surface area contributed by atoms with Crippen LogP contribution >= 0.6 is 0 Å². The fourth-order valence-corrected chi connectivity index (χ4v) is 2.67. The zero-order chi connectivity index (χ0) is 15.0. The predicted octanol–water partition coefficient (Wildman–Crippen LogP) is 1.39. The molecule has 2 aliphatic rings. The number of piperidine rings is 1. The maximum absolute atomic E-state index is 12.3. The minimum Gasteiger partial charge on any atom is -0.322 e. The minimum atomic E-state index is -0.634. The second-order valence-corrected chi connectivity index (χ2v) is 4.93. The van der Waals surface area contributed by atoms with Crippen molar-refractivity contribution < 1.29 is 14.4 Å². The van der Waals surface area contributed by atoms with Gasteiger partial charge in [-0.15, -0.1) is 0 Å². The molecule has 2 aliphatic heterocycles. The Morgan fingerprint density at radius 2 is 2.14 bits per heavy atom. The summed E-state index contributed by atoms with van der Waals surface area (Å²) in [7, 11) is 0. The van der Waals surface area contributed by atoms with Gasteiger partial charge in [0.05, 0.1) is 0 Å². The topological polar surface area (TPSA) is 115 Å². The summed E-state index contributed by atoms with van der Waals surface area (Å²) in [6.45, 7) is 0.273. The van der Waals surface area contributed by atoms with Crippen LogP contribution in [0.1, 0.15) is 28.8 Å². The molecule has 3 amide bonds. The first-order chi connectivity index (χ1) is 10.1. The lowest BCUT2D eigenvalue weighted by Gasteiger charge is -2.29. The summed E-state index contributed by atoms with van der Waals surface area (Å²) in [5, 5.41) is 5.75. The Bertz CT molecular complexity index is 708. The average Bonchev–Trinajstić information content (AvgIpc) is 2.76. The number of nitrogens with one attached hydrogen (secondary N) is 1. The van der Waals surface area contributed by atoms with E-state index in [1.165, 1.54) is 4.90 Å². The van der Waals surface area contributed by atoms with Crippen LogP contribution in [0.15, 0.2) is 23.3 Å². The lowest BCUT2D eigenvalue weighted by Crippen LogP contribution is -2.52. The van der Waals surface area contributed by atoms with Crippen LogP contribution in [0.3, 0.4) is 0 Å². The van der Waals surface area contributed by atoms with E-state index in [2.05, 4.69) is 15.3 Å². The number of nitrogens with zero attached hydrogens (tertiary/aromatic N) is 4. The number of hydrogen-bond acceptors (Lipinski definition) is 4. The molecule has 2 heterocycles. The van der Waals surface area contributed by atoms with Gasteiger partial charge in [-0.3, -0.25) is 19.7 Å². The van der Waals surface area contributed by atoms with Crippen LogP contribution in [0.5, 0.6) is 0 Å². The van der Waals surface area contributed by atoms with Crippen molar-refractivity contribution in [2.75, 3.05) is 0 Å². The van der Waals surface area contributed by atoms with Gasteiger partial charge in [-0.2, -0.15) is 0 Å². The van der Waals surface area contributed by atoms with Crippen LogP contribution in [0.25, 0.3) is 10.4 Å². The molecule has 0 saturated carbocycles. The Hall–Kier alpha value is -2.86. The lowest BCUT2D eigenvalue weighted by atomic mass is 10.0. The quantitative estimate of drug-likeness (QED) is 0.383. The first-order valence-corrected chi connectivity index (χ1v) is 6.43. The zero-order valence-electron chi connectivity index (χ0n) is 10.9. The van der Waals surface area contributed by atoms with Crippen LogP contribution in [-0.4, -0.2) is 28.7 Å². The Morgan fingerprint density at radius 3 is 2.86 bits per heavy atom. The van der Waals surface area contributed by atoms with Gasteiger partial charge in [-0.1, -0.05) is 11.2 Å². The molecular formula is C13H11N5O3. The molecule has 1 aromatic carbocycles.